The van der Waals surface area contributed by atoms with Crippen LogP contribution in [-0.4, -0.2) is 23.1 Å². The number of anilines is 1. The number of halogens is 1. The lowest BCUT2D eigenvalue weighted by Crippen LogP contribution is -3.08. The molecule has 1 aromatic carbocycles. The summed E-state index contributed by atoms with van der Waals surface area (Å²) in [5.41, 5.74) is 1.79. The number of nitrogens with zero attached hydrogens (tertiary/aromatic N) is 2. The van der Waals surface area contributed by atoms with E-state index in [9.17, 15) is 4.79 Å². The summed E-state index contributed by atoms with van der Waals surface area (Å²) in [6.07, 6.45) is 2.52. The molecule has 0 aliphatic carbocycles. The first-order valence-corrected chi connectivity index (χ1v) is 10.7. The Morgan fingerprint density at radius 1 is 1.34 bits per heavy atom. The van der Waals surface area contributed by atoms with Gasteiger partial charge in [0.25, 0.3) is 5.56 Å². The Morgan fingerprint density at radius 2 is 2.24 bits per heavy atom. The summed E-state index contributed by atoms with van der Waals surface area (Å²) in [5, 5.41) is 4.58. The van der Waals surface area contributed by atoms with E-state index >= 15 is 0 Å². The van der Waals surface area contributed by atoms with Crippen molar-refractivity contribution >= 4 is 39.1 Å². The van der Waals surface area contributed by atoms with Gasteiger partial charge in [-0.1, -0.05) is 17.7 Å². The van der Waals surface area contributed by atoms with Crippen molar-refractivity contribution in [3.8, 4) is 5.69 Å². The van der Waals surface area contributed by atoms with Crippen molar-refractivity contribution in [3.05, 3.63) is 74.2 Å². The molecular weight excluding hydrogens is 408 g/mol. The van der Waals surface area contributed by atoms with Gasteiger partial charge >= 0.3 is 0 Å². The molecule has 0 amide bonds. The molecule has 8 heteroatoms. The average molecular weight is 428 g/mol. The van der Waals surface area contributed by atoms with Gasteiger partial charge in [0.05, 0.1) is 42.4 Å². The minimum absolute atomic E-state index is 0.0590. The van der Waals surface area contributed by atoms with Crippen molar-refractivity contribution in [2.24, 2.45) is 0 Å². The molecule has 6 nitrogen and oxygen atoms in total. The number of quaternary nitrogens is 1. The fourth-order valence-corrected chi connectivity index (χ4v) is 5.32. The van der Waals surface area contributed by atoms with Crippen LogP contribution in [0.15, 0.2) is 51.9 Å². The number of hydrogen-bond acceptors (Lipinski definition) is 5. The maximum Gasteiger partial charge on any atom is 0.268 e. The molecule has 0 radical (unpaired) electrons. The third-order valence-electron chi connectivity index (χ3n) is 5.24. The van der Waals surface area contributed by atoms with Crippen molar-refractivity contribution in [2.45, 2.75) is 19.5 Å². The lowest BCUT2D eigenvalue weighted by atomic mass is 10.1. The zero-order chi connectivity index (χ0) is 20.0. The van der Waals surface area contributed by atoms with Gasteiger partial charge in [-0.3, -0.25) is 4.79 Å². The number of fused-ring (bicyclic) bond motifs is 3. The van der Waals surface area contributed by atoms with Crippen LogP contribution >= 0.6 is 22.9 Å². The van der Waals surface area contributed by atoms with Crippen molar-refractivity contribution in [1.82, 2.24) is 9.55 Å². The summed E-state index contributed by atoms with van der Waals surface area (Å²) in [5.74, 6) is 1.26. The molecule has 0 fully saturated rings. The molecule has 1 aliphatic rings. The van der Waals surface area contributed by atoms with Crippen molar-refractivity contribution in [1.29, 1.82) is 0 Å². The fraction of sp³-hybridized carbons (Fsp3) is 0.238. The van der Waals surface area contributed by atoms with Crippen LogP contribution in [0.3, 0.4) is 0 Å². The zero-order valence-electron chi connectivity index (χ0n) is 15.9. The molecule has 0 saturated carbocycles. The van der Waals surface area contributed by atoms with Crippen LogP contribution in [0.2, 0.25) is 5.02 Å². The fourth-order valence-electron chi connectivity index (χ4n) is 3.81. The van der Waals surface area contributed by atoms with Crippen LogP contribution in [0.4, 0.5) is 5.95 Å². The third kappa shape index (κ3) is 3.35. The third-order valence-corrected chi connectivity index (χ3v) is 6.60. The normalized spacial score (nSPS) is 16.1. The number of thiophene rings is 1. The summed E-state index contributed by atoms with van der Waals surface area (Å²) < 4.78 is 7.04. The summed E-state index contributed by atoms with van der Waals surface area (Å²) in [6, 6.07) is 11.0. The van der Waals surface area contributed by atoms with Crippen LogP contribution in [0.5, 0.6) is 0 Å². The van der Waals surface area contributed by atoms with E-state index in [1.165, 1.54) is 9.78 Å². The average Bonchev–Trinajstić information content (AvgIpc) is 3.33. The molecule has 29 heavy (non-hydrogen) atoms. The van der Waals surface area contributed by atoms with Gasteiger partial charge in [0.15, 0.2) is 0 Å². The van der Waals surface area contributed by atoms with Crippen molar-refractivity contribution < 1.29 is 9.32 Å². The first-order chi connectivity index (χ1) is 14.1. The molecule has 2 N–H and O–H groups in total. The van der Waals surface area contributed by atoms with Crippen LogP contribution in [0.25, 0.3) is 15.9 Å². The Bertz CT molecular complexity index is 1250. The summed E-state index contributed by atoms with van der Waals surface area (Å²) in [4.78, 5) is 22.0. The Morgan fingerprint density at radius 3 is 3.03 bits per heavy atom. The lowest BCUT2D eigenvalue weighted by Gasteiger charge is -2.19. The summed E-state index contributed by atoms with van der Waals surface area (Å²) in [7, 11) is 2.18. The molecule has 148 valence electrons. The molecule has 0 bridgehead atoms. The number of furan rings is 1. The van der Waals surface area contributed by atoms with Gasteiger partial charge < -0.3 is 14.6 Å². The van der Waals surface area contributed by atoms with E-state index in [0.717, 1.165) is 41.1 Å². The van der Waals surface area contributed by atoms with Gasteiger partial charge in [-0.25, -0.2) is 9.55 Å². The van der Waals surface area contributed by atoms with Gasteiger partial charge in [0.2, 0.25) is 5.95 Å². The summed E-state index contributed by atoms with van der Waals surface area (Å²) >= 11 is 7.84. The molecular formula is C21H20ClN4O2S+. The van der Waals surface area contributed by atoms with Gasteiger partial charge in [-0.15, -0.1) is 11.3 Å². The number of benzene rings is 1. The predicted molar refractivity (Wildman–Crippen MR) is 115 cm³/mol. The Balaban J connectivity index is 1.70. The smallest absolute Gasteiger partial charge is 0.268 e. The van der Waals surface area contributed by atoms with E-state index in [4.69, 9.17) is 21.0 Å². The highest BCUT2D eigenvalue weighted by atomic mass is 35.5. The molecule has 0 saturated heterocycles. The van der Waals surface area contributed by atoms with E-state index in [-0.39, 0.29) is 5.56 Å². The highest BCUT2D eigenvalue weighted by Crippen LogP contribution is 2.31. The molecule has 4 heterocycles. The van der Waals surface area contributed by atoms with Gasteiger partial charge in [-0.05, 0) is 35.9 Å². The largest absolute Gasteiger partial charge is 0.467 e. The highest BCUT2D eigenvalue weighted by molar-refractivity contribution is 7.18. The van der Waals surface area contributed by atoms with Crippen LogP contribution in [0, 0.1) is 0 Å². The molecule has 0 spiro atoms. The van der Waals surface area contributed by atoms with E-state index in [0.29, 0.717) is 23.2 Å². The maximum atomic E-state index is 13.7. The highest BCUT2D eigenvalue weighted by Gasteiger charge is 2.26. The number of likely N-dealkylation sites (N-methyl/N-ethyl adjacent to an activating group) is 1. The van der Waals surface area contributed by atoms with E-state index in [1.54, 1.807) is 34.3 Å². The monoisotopic (exact) mass is 427 g/mol. The van der Waals surface area contributed by atoms with Crippen LogP contribution in [0.1, 0.15) is 16.2 Å². The van der Waals surface area contributed by atoms with Gasteiger partial charge in [-0.2, -0.15) is 0 Å². The standard InChI is InChI=1S/C21H19ClN4O2S/c1-25-8-7-16-17(12-25)29-19-18(16)20(27)26(14-5-2-4-13(22)10-14)21(24-19)23-11-15-6-3-9-28-15/h2-6,9-10H,7-8,11-12H2,1H3,(H,23,24)/p+1. The van der Waals surface area contributed by atoms with Gasteiger partial charge in [0.1, 0.15) is 17.1 Å². The number of aromatic nitrogens is 2. The van der Waals surface area contributed by atoms with Gasteiger partial charge in [0, 0.05) is 11.4 Å². The lowest BCUT2D eigenvalue weighted by molar-refractivity contribution is -0.895. The number of nitrogens with one attached hydrogen (secondary N) is 2. The Hall–Kier alpha value is -2.61. The summed E-state index contributed by atoms with van der Waals surface area (Å²) in [6.45, 7) is 2.39. The van der Waals surface area contributed by atoms with Crippen molar-refractivity contribution in [3.63, 3.8) is 0 Å². The molecule has 1 atom stereocenters. The van der Waals surface area contributed by atoms with E-state index in [1.807, 2.05) is 24.3 Å². The number of rotatable bonds is 4. The maximum absolute atomic E-state index is 13.7. The van der Waals surface area contributed by atoms with Crippen LogP contribution in [-0.2, 0) is 19.5 Å². The zero-order valence-corrected chi connectivity index (χ0v) is 17.4. The molecule has 4 aromatic rings. The number of hydrogen-bond donors (Lipinski definition) is 2. The minimum atomic E-state index is -0.0590. The first kappa shape index (κ1) is 18.4. The molecule has 5 rings (SSSR count). The van der Waals surface area contributed by atoms with E-state index < -0.39 is 0 Å². The Kier molecular flexibility index (Phi) is 4.66. The minimum Gasteiger partial charge on any atom is -0.467 e. The van der Waals surface area contributed by atoms with E-state index in [2.05, 4.69) is 12.4 Å². The second-order valence-electron chi connectivity index (χ2n) is 7.31. The van der Waals surface area contributed by atoms with Crippen molar-refractivity contribution in [2.75, 3.05) is 18.9 Å². The second kappa shape index (κ2) is 7.33. The molecule has 1 unspecified atom stereocenters. The molecule has 1 aliphatic heterocycles. The second-order valence-corrected chi connectivity index (χ2v) is 8.83. The first-order valence-electron chi connectivity index (χ1n) is 9.51. The topological polar surface area (TPSA) is 64.5 Å². The SMILES string of the molecule is C[NH+]1CCc2c(sc3nc(NCc4ccco4)n(-c4cccc(Cl)c4)c(=O)c23)C1. The predicted octanol–water partition coefficient (Wildman–Crippen LogP) is 2.88. The quantitative estimate of drug-likeness (QED) is 0.525. The Labute approximate surface area is 176 Å². The van der Waals surface area contributed by atoms with Crippen LogP contribution < -0.4 is 15.8 Å². The molecule has 3 aromatic heterocycles.